The number of carbonyl (C=O) groups excluding carboxylic acids is 1. The maximum absolute atomic E-state index is 11.3. The number of hydrogen-bond acceptors (Lipinski definition) is 3. The summed E-state index contributed by atoms with van der Waals surface area (Å²) in [6.07, 6.45) is 0. The first kappa shape index (κ1) is 12.8. The van der Waals surface area contributed by atoms with Gasteiger partial charge >= 0.3 is 5.97 Å². The molecule has 0 N–H and O–H groups in total. The number of rotatable bonds is 4. The second-order valence-corrected chi connectivity index (χ2v) is 4.55. The Hall–Kier alpha value is -1.22. The van der Waals surface area contributed by atoms with Crippen molar-refractivity contribution in [1.29, 1.82) is 0 Å². The van der Waals surface area contributed by atoms with Gasteiger partial charge in [-0.25, -0.2) is 4.79 Å². The molecule has 0 aliphatic heterocycles. The van der Waals surface area contributed by atoms with Gasteiger partial charge in [0.15, 0.2) is 0 Å². The summed E-state index contributed by atoms with van der Waals surface area (Å²) in [6.45, 7) is 3.76. The summed E-state index contributed by atoms with van der Waals surface area (Å²) < 4.78 is 4.68. The zero-order valence-corrected chi connectivity index (χ0v) is 10.6. The fourth-order valence-electron chi connectivity index (χ4n) is 1.14. The van der Waals surface area contributed by atoms with Crippen LogP contribution in [0.15, 0.2) is 46.4 Å². The fraction of sp³-hybridized carbons (Fsp3) is 0.308. The highest BCUT2D eigenvalue weighted by Gasteiger charge is 2.07. The van der Waals surface area contributed by atoms with Gasteiger partial charge in [-0.1, -0.05) is 23.8 Å². The molecule has 1 aromatic rings. The van der Waals surface area contributed by atoms with Crippen LogP contribution in [0.4, 0.5) is 0 Å². The van der Waals surface area contributed by atoms with Crippen molar-refractivity contribution in [3.63, 3.8) is 0 Å². The van der Waals surface area contributed by atoms with Crippen LogP contribution >= 0.6 is 11.8 Å². The summed E-state index contributed by atoms with van der Waals surface area (Å²) in [6, 6.07) is 10.1. The van der Waals surface area contributed by atoms with E-state index in [2.05, 4.69) is 16.9 Å². The maximum Gasteiger partial charge on any atom is 0.333 e. The van der Waals surface area contributed by atoms with Gasteiger partial charge in [0.2, 0.25) is 0 Å². The highest BCUT2D eigenvalue weighted by molar-refractivity contribution is 7.99. The molecule has 0 unspecified atom stereocenters. The number of benzene rings is 1. The van der Waals surface area contributed by atoms with Crippen molar-refractivity contribution >= 4 is 17.7 Å². The second kappa shape index (κ2) is 6.38. The first-order valence-corrected chi connectivity index (χ1v) is 6.06. The first-order chi connectivity index (χ1) is 7.65. The highest BCUT2D eigenvalue weighted by atomic mass is 32.2. The van der Waals surface area contributed by atoms with Crippen molar-refractivity contribution in [1.82, 2.24) is 0 Å². The molecule has 0 aliphatic rings. The van der Waals surface area contributed by atoms with Gasteiger partial charge in [-0.05, 0) is 26.0 Å². The van der Waals surface area contributed by atoms with E-state index >= 15 is 0 Å². The highest BCUT2D eigenvalue weighted by Crippen LogP contribution is 2.21. The molecule has 3 heteroatoms. The minimum absolute atomic E-state index is 0.244. The number of carbonyl (C=O) groups is 1. The van der Waals surface area contributed by atoms with Crippen LogP contribution in [0.1, 0.15) is 13.8 Å². The van der Waals surface area contributed by atoms with Crippen molar-refractivity contribution in [3.05, 3.63) is 41.5 Å². The molecule has 0 radical (unpaired) electrons. The van der Waals surface area contributed by atoms with Crippen molar-refractivity contribution < 1.29 is 9.53 Å². The van der Waals surface area contributed by atoms with E-state index in [9.17, 15) is 4.79 Å². The minimum atomic E-state index is -0.244. The molecule has 2 nitrogen and oxygen atoms in total. The quantitative estimate of drug-likeness (QED) is 0.456. The molecule has 0 spiro atoms. The molecule has 0 amide bonds. The van der Waals surface area contributed by atoms with Gasteiger partial charge in [-0.2, -0.15) is 0 Å². The Kier molecular flexibility index (Phi) is 5.12. The second-order valence-electron chi connectivity index (χ2n) is 3.50. The Morgan fingerprint density at radius 1 is 1.25 bits per heavy atom. The average molecular weight is 236 g/mol. The van der Waals surface area contributed by atoms with Crippen LogP contribution in [0.25, 0.3) is 0 Å². The number of hydrogen-bond donors (Lipinski definition) is 0. The summed E-state index contributed by atoms with van der Waals surface area (Å²) in [5.41, 5.74) is 1.76. The van der Waals surface area contributed by atoms with E-state index in [1.54, 1.807) is 18.7 Å². The number of methoxy groups -OCH3 is 1. The van der Waals surface area contributed by atoms with Crippen LogP contribution in [0.2, 0.25) is 0 Å². The van der Waals surface area contributed by atoms with E-state index in [0.717, 1.165) is 11.3 Å². The molecule has 0 heterocycles. The third kappa shape index (κ3) is 3.74. The summed E-state index contributed by atoms with van der Waals surface area (Å²) in [5.74, 6) is 0.566. The standard InChI is InChI=1S/C13H16O2S/c1-10(11(2)13(14)15-3)9-16-12-7-5-4-6-8-12/h4-8H,9H2,1-3H3. The van der Waals surface area contributed by atoms with Crippen LogP contribution in [0, 0.1) is 0 Å². The molecule has 0 atom stereocenters. The van der Waals surface area contributed by atoms with Gasteiger partial charge < -0.3 is 4.74 Å². The van der Waals surface area contributed by atoms with E-state index in [1.807, 2.05) is 25.1 Å². The summed E-state index contributed by atoms with van der Waals surface area (Å²) >= 11 is 1.72. The van der Waals surface area contributed by atoms with Crippen LogP contribution in [-0.4, -0.2) is 18.8 Å². The monoisotopic (exact) mass is 236 g/mol. The van der Waals surface area contributed by atoms with Gasteiger partial charge in [0.25, 0.3) is 0 Å². The van der Waals surface area contributed by atoms with Crippen molar-refractivity contribution in [2.75, 3.05) is 12.9 Å². The smallest absolute Gasteiger partial charge is 0.333 e. The molecule has 0 aromatic heterocycles. The van der Waals surface area contributed by atoms with E-state index in [1.165, 1.54) is 12.0 Å². The number of ether oxygens (including phenoxy) is 1. The van der Waals surface area contributed by atoms with Crippen LogP contribution in [-0.2, 0) is 9.53 Å². The third-order valence-corrected chi connectivity index (χ3v) is 3.51. The van der Waals surface area contributed by atoms with E-state index in [0.29, 0.717) is 5.57 Å². The Morgan fingerprint density at radius 2 is 1.88 bits per heavy atom. The number of esters is 1. The molecule has 86 valence electrons. The molecule has 0 saturated carbocycles. The molecule has 1 aromatic carbocycles. The van der Waals surface area contributed by atoms with Crippen molar-refractivity contribution in [2.45, 2.75) is 18.7 Å². The van der Waals surface area contributed by atoms with Gasteiger partial charge in [-0.3, -0.25) is 0 Å². The zero-order chi connectivity index (χ0) is 12.0. The summed E-state index contributed by atoms with van der Waals surface area (Å²) in [5, 5.41) is 0. The topological polar surface area (TPSA) is 26.3 Å². The van der Waals surface area contributed by atoms with Gasteiger partial charge in [0.1, 0.15) is 0 Å². The lowest BCUT2D eigenvalue weighted by Crippen LogP contribution is -2.04. The third-order valence-electron chi connectivity index (χ3n) is 2.33. The molecule has 0 bridgehead atoms. The van der Waals surface area contributed by atoms with Crippen molar-refractivity contribution in [2.24, 2.45) is 0 Å². The Morgan fingerprint density at radius 3 is 2.44 bits per heavy atom. The largest absolute Gasteiger partial charge is 0.466 e. The van der Waals surface area contributed by atoms with E-state index in [4.69, 9.17) is 0 Å². The van der Waals surface area contributed by atoms with Crippen LogP contribution < -0.4 is 0 Å². The Balaban J connectivity index is 2.59. The minimum Gasteiger partial charge on any atom is -0.466 e. The fourth-order valence-corrected chi connectivity index (χ4v) is 2.09. The lowest BCUT2D eigenvalue weighted by molar-refractivity contribution is -0.136. The molecular weight excluding hydrogens is 220 g/mol. The molecule has 0 aliphatic carbocycles. The summed E-state index contributed by atoms with van der Waals surface area (Å²) in [4.78, 5) is 12.5. The van der Waals surface area contributed by atoms with Crippen LogP contribution in [0.5, 0.6) is 0 Å². The lowest BCUT2D eigenvalue weighted by atomic mass is 10.2. The first-order valence-electron chi connectivity index (χ1n) is 5.07. The zero-order valence-electron chi connectivity index (χ0n) is 9.82. The molecule has 16 heavy (non-hydrogen) atoms. The lowest BCUT2D eigenvalue weighted by Gasteiger charge is -2.06. The maximum atomic E-state index is 11.3. The van der Waals surface area contributed by atoms with Gasteiger partial charge in [0, 0.05) is 16.2 Å². The SMILES string of the molecule is COC(=O)C(C)=C(C)CSc1ccccc1. The number of thioether (sulfide) groups is 1. The summed E-state index contributed by atoms with van der Waals surface area (Å²) in [7, 11) is 1.41. The van der Waals surface area contributed by atoms with Gasteiger partial charge in [-0.15, -0.1) is 11.8 Å². The average Bonchev–Trinajstić information content (AvgIpc) is 2.35. The Bertz CT molecular complexity index is 382. The molecule has 0 fully saturated rings. The molecule has 0 saturated heterocycles. The molecule has 1 rings (SSSR count). The predicted molar refractivity (Wildman–Crippen MR) is 67.6 cm³/mol. The van der Waals surface area contributed by atoms with Crippen molar-refractivity contribution in [3.8, 4) is 0 Å². The van der Waals surface area contributed by atoms with Crippen LogP contribution in [0.3, 0.4) is 0 Å². The Labute approximate surface area is 101 Å². The van der Waals surface area contributed by atoms with Gasteiger partial charge in [0.05, 0.1) is 7.11 Å². The predicted octanol–water partition coefficient (Wildman–Crippen LogP) is 3.29. The normalized spacial score (nSPS) is 11.9. The molecular formula is C13H16O2S. The van der Waals surface area contributed by atoms with E-state index < -0.39 is 0 Å². The van der Waals surface area contributed by atoms with E-state index in [-0.39, 0.29) is 5.97 Å².